The minimum Gasteiger partial charge on any atom is -0.308 e. The molecule has 0 fully saturated rings. The number of amides is 2. The molecule has 0 aliphatic heterocycles. The quantitative estimate of drug-likeness (QED) is 0.628. The first-order valence-electron chi connectivity index (χ1n) is 6.85. The molecule has 2 rings (SSSR count). The topological polar surface area (TPSA) is 88.8 Å². The summed E-state index contributed by atoms with van der Waals surface area (Å²) in [5.74, 6) is 0. The highest BCUT2D eigenvalue weighted by atomic mass is 16.2. The first kappa shape index (κ1) is 15.4. The summed E-state index contributed by atoms with van der Waals surface area (Å²) >= 11 is 0. The van der Waals surface area contributed by atoms with Crippen molar-refractivity contribution in [1.29, 1.82) is 10.8 Å². The Morgan fingerprint density at radius 3 is 1.32 bits per heavy atom. The summed E-state index contributed by atoms with van der Waals surface area (Å²) in [5, 5.41) is 20.5. The van der Waals surface area contributed by atoms with Crippen LogP contribution in [0.4, 0.5) is 16.2 Å². The van der Waals surface area contributed by atoms with Gasteiger partial charge < -0.3 is 21.5 Å². The Balaban J connectivity index is 1.97. The number of benzene rings is 2. The summed E-state index contributed by atoms with van der Waals surface area (Å²) in [4.78, 5) is 11.9. The predicted molar refractivity (Wildman–Crippen MR) is 90.5 cm³/mol. The Labute approximate surface area is 129 Å². The molecule has 0 aliphatic rings. The third kappa shape index (κ3) is 4.02. The van der Waals surface area contributed by atoms with Crippen LogP contribution in [-0.4, -0.2) is 17.5 Å². The molecule has 5 heteroatoms. The van der Waals surface area contributed by atoms with E-state index in [9.17, 15) is 4.79 Å². The van der Waals surface area contributed by atoms with Crippen molar-refractivity contribution in [2.45, 2.75) is 13.8 Å². The zero-order chi connectivity index (χ0) is 16.1. The number of carbonyl (C=O) groups excluding carboxylic acids is 1. The second kappa shape index (κ2) is 6.67. The van der Waals surface area contributed by atoms with Crippen LogP contribution < -0.4 is 10.6 Å². The van der Waals surface area contributed by atoms with Crippen molar-refractivity contribution in [2.24, 2.45) is 0 Å². The first-order valence-corrected chi connectivity index (χ1v) is 6.85. The Kier molecular flexibility index (Phi) is 4.68. The van der Waals surface area contributed by atoms with Gasteiger partial charge in [0.1, 0.15) is 0 Å². The average Bonchev–Trinajstić information content (AvgIpc) is 2.48. The second-order valence-electron chi connectivity index (χ2n) is 4.98. The second-order valence-corrected chi connectivity index (χ2v) is 4.98. The van der Waals surface area contributed by atoms with E-state index in [1.165, 1.54) is 0 Å². The standard InChI is InChI=1S/C17H18N4O/c1-11(18)13-3-7-15(8-4-13)20-17(22)21-16-9-5-14(6-10-16)12(2)19/h3-10,18-19H,1-2H3,(H2,20,21,22). The number of nitrogens with one attached hydrogen (secondary N) is 4. The number of hydrogen-bond donors (Lipinski definition) is 4. The molecule has 0 spiro atoms. The van der Waals surface area contributed by atoms with Gasteiger partial charge in [-0.25, -0.2) is 4.79 Å². The number of urea groups is 1. The maximum absolute atomic E-state index is 11.9. The normalized spacial score (nSPS) is 9.91. The van der Waals surface area contributed by atoms with E-state index < -0.39 is 0 Å². The average molecular weight is 294 g/mol. The summed E-state index contributed by atoms with van der Waals surface area (Å²) in [5.41, 5.74) is 3.94. The summed E-state index contributed by atoms with van der Waals surface area (Å²) < 4.78 is 0. The molecule has 0 unspecified atom stereocenters. The molecule has 5 nitrogen and oxygen atoms in total. The fraction of sp³-hybridized carbons (Fsp3) is 0.118. The van der Waals surface area contributed by atoms with E-state index in [0.29, 0.717) is 22.8 Å². The molecule has 0 aliphatic carbocycles. The highest BCUT2D eigenvalue weighted by molar-refractivity contribution is 6.01. The number of carbonyl (C=O) groups is 1. The molecule has 0 heterocycles. The largest absolute Gasteiger partial charge is 0.323 e. The first-order chi connectivity index (χ1) is 10.5. The zero-order valence-corrected chi connectivity index (χ0v) is 12.5. The van der Waals surface area contributed by atoms with Crippen LogP contribution >= 0.6 is 0 Å². The van der Waals surface area contributed by atoms with E-state index in [4.69, 9.17) is 10.8 Å². The summed E-state index contributed by atoms with van der Waals surface area (Å²) in [7, 11) is 0. The van der Waals surface area contributed by atoms with Crippen LogP contribution in [-0.2, 0) is 0 Å². The fourth-order valence-corrected chi connectivity index (χ4v) is 1.90. The Bertz CT molecular complexity index is 641. The van der Waals surface area contributed by atoms with Crippen LogP contribution in [0.3, 0.4) is 0 Å². The van der Waals surface area contributed by atoms with Gasteiger partial charge in [0.25, 0.3) is 0 Å². The molecule has 0 aromatic heterocycles. The number of anilines is 2. The van der Waals surface area contributed by atoms with E-state index in [0.717, 1.165) is 11.1 Å². The van der Waals surface area contributed by atoms with Crippen molar-refractivity contribution in [2.75, 3.05) is 10.6 Å². The molecule has 2 aromatic carbocycles. The van der Waals surface area contributed by atoms with Gasteiger partial charge in [-0.3, -0.25) is 0 Å². The van der Waals surface area contributed by atoms with Crippen LogP contribution in [0, 0.1) is 10.8 Å². The van der Waals surface area contributed by atoms with E-state index in [2.05, 4.69) is 10.6 Å². The van der Waals surface area contributed by atoms with Crippen molar-refractivity contribution in [3.05, 3.63) is 59.7 Å². The zero-order valence-electron chi connectivity index (χ0n) is 12.5. The number of rotatable bonds is 4. The number of hydrogen-bond acceptors (Lipinski definition) is 3. The fourth-order valence-electron chi connectivity index (χ4n) is 1.90. The molecule has 0 saturated carbocycles. The van der Waals surface area contributed by atoms with Crippen molar-refractivity contribution in [1.82, 2.24) is 0 Å². The maximum Gasteiger partial charge on any atom is 0.323 e. The monoisotopic (exact) mass is 294 g/mol. The Morgan fingerprint density at radius 1 is 0.727 bits per heavy atom. The molecule has 0 bridgehead atoms. The third-order valence-electron chi connectivity index (χ3n) is 3.15. The molecule has 2 aromatic rings. The van der Waals surface area contributed by atoms with E-state index in [1.807, 2.05) is 0 Å². The van der Waals surface area contributed by atoms with Gasteiger partial charge >= 0.3 is 6.03 Å². The van der Waals surface area contributed by atoms with Crippen LogP contribution in [0.25, 0.3) is 0 Å². The van der Waals surface area contributed by atoms with Crippen LogP contribution in [0.15, 0.2) is 48.5 Å². The van der Waals surface area contributed by atoms with E-state index in [-0.39, 0.29) is 6.03 Å². The molecular weight excluding hydrogens is 276 g/mol. The van der Waals surface area contributed by atoms with Crippen LogP contribution in [0.5, 0.6) is 0 Å². The van der Waals surface area contributed by atoms with Crippen LogP contribution in [0.2, 0.25) is 0 Å². The lowest BCUT2D eigenvalue weighted by Crippen LogP contribution is -2.19. The lowest BCUT2D eigenvalue weighted by molar-refractivity contribution is 0.262. The van der Waals surface area contributed by atoms with Crippen molar-refractivity contribution in [3.63, 3.8) is 0 Å². The van der Waals surface area contributed by atoms with Crippen molar-refractivity contribution in [3.8, 4) is 0 Å². The molecule has 2 amide bonds. The Hall–Kier alpha value is -2.95. The summed E-state index contributed by atoms with van der Waals surface area (Å²) in [6.07, 6.45) is 0. The molecule has 0 atom stereocenters. The van der Waals surface area contributed by atoms with E-state index in [1.54, 1.807) is 62.4 Å². The molecule has 112 valence electrons. The minimum absolute atomic E-state index is 0.335. The van der Waals surface area contributed by atoms with Gasteiger partial charge in [0.05, 0.1) is 0 Å². The highest BCUT2D eigenvalue weighted by Gasteiger charge is 2.04. The minimum atomic E-state index is -0.335. The van der Waals surface area contributed by atoms with Crippen molar-refractivity contribution < 1.29 is 4.79 Å². The van der Waals surface area contributed by atoms with Gasteiger partial charge in [0, 0.05) is 22.8 Å². The molecular formula is C17H18N4O. The Morgan fingerprint density at radius 2 is 1.05 bits per heavy atom. The highest BCUT2D eigenvalue weighted by Crippen LogP contribution is 2.13. The van der Waals surface area contributed by atoms with Gasteiger partial charge in [0.2, 0.25) is 0 Å². The predicted octanol–water partition coefficient (Wildman–Crippen LogP) is 4.11. The van der Waals surface area contributed by atoms with Gasteiger partial charge in [0.15, 0.2) is 0 Å². The molecule has 0 radical (unpaired) electrons. The maximum atomic E-state index is 11.9. The van der Waals surface area contributed by atoms with Gasteiger partial charge in [-0.2, -0.15) is 0 Å². The molecule has 22 heavy (non-hydrogen) atoms. The van der Waals surface area contributed by atoms with E-state index >= 15 is 0 Å². The molecule has 4 N–H and O–H groups in total. The van der Waals surface area contributed by atoms with Gasteiger partial charge in [-0.15, -0.1) is 0 Å². The SMILES string of the molecule is CC(=N)c1ccc(NC(=O)Nc2ccc(C(C)=N)cc2)cc1. The van der Waals surface area contributed by atoms with Crippen molar-refractivity contribution >= 4 is 28.8 Å². The summed E-state index contributed by atoms with van der Waals surface area (Å²) in [6, 6.07) is 13.9. The lowest BCUT2D eigenvalue weighted by Gasteiger charge is -2.09. The van der Waals surface area contributed by atoms with Crippen LogP contribution in [0.1, 0.15) is 25.0 Å². The summed E-state index contributed by atoms with van der Waals surface area (Å²) in [6.45, 7) is 3.43. The third-order valence-corrected chi connectivity index (χ3v) is 3.15. The van der Waals surface area contributed by atoms with Gasteiger partial charge in [-0.1, -0.05) is 24.3 Å². The molecule has 0 saturated heterocycles. The smallest absolute Gasteiger partial charge is 0.308 e. The van der Waals surface area contributed by atoms with Gasteiger partial charge in [-0.05, 0) is 49.2 Å². The lowest BCUT2D eigenvalue weighted by atomic mass is 10.1.